The predicted molar refractivity (Wildman–Crippen MR) is 52.7 cm³/mol. The van der Waals surface area contributed by atoms with Gasteiger partial charge in [-0.15, -0.1) is 0 Å². The van der Waals surface area contributed by atoms with Gasteiger partial charge >= 0.3 is 5.97 Å². The van der Waals surface area contributed by atoms with E-state index in [1.807, 2.05) is 13.0 Å². The lowest BCUT2D eigenvalue weighted by Crippen LogP contribution is -1.96. The molecule has 0 atom stereocenters. The van der Waals surface area contributed by atoms with E-state index >= 15 is 0 Å². The van der Waals surface area contributed by atoms with E-state index in [9.17, 15) is 4.79 Å². The summed E-state index contributed by atoms with van der Waals surface area (Å²) in [4.78, 5) is 10.6. The van der Waals surface area contributed by atoms with Crippen LogP contribution in [-0.4, -0.2) is 11.1 Å². The number of carboxylic acid groups (broad SMARTS) is 1. The van der Waals surface area contributed by atoms with Crippen molar-refractivity contribution in [3.05, 3.63) is 42.0 Å². The first-order valence-electron chi connectivity index (χ1n) is 4.16. The third kappa shape index (κ3) is 2.18. The van der Waals surface area contributed by atoms with Gasteiger partial charge in [0.2, 0.25) is 0 Å². The second kappa shape index (κ2) is 3.90. The maximum Gasteiger partial charge on any atom is 0.335 e. The molecular formula is C11H12O2. The number of carbonyl (C=O) groups is 1. The minimum Gasteiger partial charge on any atom is -0.478 e. The monoisotopic (exact) mass is 176 g/mol. The first-order valence-corrected chi connectivity index (χ1v) is 4.16. The number of aromatic carboxylic acids is 1. The lowest BCUT2D eigenvalue weighted by atomic mass is 10.0. The van der Waals surface area contributed by atoms with Gasteiger partial charge in [0.1, 0.15) is 0 Å². The van der Waals surface area contributed by atoms with Crippen LogP contribution in [-0.2, 0) is 0 Å². The molecule has 1 N–H and O–H groups in total. The predicted octanol–water partition coefficient (Wildman–Crippen LogP) is 2.81. The summed E-state index contributed by atoms with van der Waals surface area (Å²) in [5.41, 5.74) is 2.18. The molecule has 0 spiro atoms. The number of hydrogen-bond acceptors (Lipinski definition) is 1. The second-order valence-electron chi connectivity index (χ2n) is 2.84. The summed E-state index contributed by atoms with van der Waals surface area (Å²) in [5.74, 6) is -0.897. The molecule has 0 radical (unpaired) electrons. The average molecular weight is 176 g/mol. The van der Waals surface area contributed by atoms with E-state index in [1.165, 1.54) is 0 Å². The van der Waals surface area contributed by atoms with Crippen LogP contribution in [0, 0.1) is 0 Å². The van der Waals surface area contributed by atoms with E-state index in [2.05, 4.69) is 6.58 Å². The molecule has 2 nitrogen and oxygen atoms in total. The fourth-order valence-electron chi connectivity index (χ4n) is 1.08. The van der Waals surface area contributed by atoms with Crippen molar-refractivity contribution in [3.8, 4) is 0 Å². The van der Waals surface area contributed by atoms with Gasteiger partial charge in [-0.05, 0) is 29.7 Å². The fraction of sp³-hybridized carbons (Fsp3) is 0.182. The van der Waals surface area contributed by atoms with Gasteiger partial charge in [-0.2, -0.15) is 0 Å². The Hall–Kier alpha value is -1.57. The van der Waals surface area contributed by atoms with Crippen molar-refractivity contribution in [1.82, 2.24) is 0 Å². The molecule has 0 aliphatic heterocycles. The third-order valence-electron chi connectivity index (χ3n) is 1.94. The Morgan fingerprint density at radius 3 is 2.62 bits per heavy atom. The molecule has 0 unspecified atom stereocenters. The maximum absolute atomic E-state index is 10.6. The molecule has 1 aromatic carbocycles. The molecule has 13 heavy (non-hydrogen) atoms. The second-order valence-corrected chi connectivity index (χ2v) is 2.84. The van der Waals surface area contributed by atoms with E-state index in [1.54, 1.807) is 18.2 Å². The van der Waals surface area contributed by atoms with Gasteiger partial charge in [-0.3, -0.25) is 0 Å². The largest absolute Gasteiger partial charge is 0.478 e. The van der Waals surface area contributed by atoms with Gasteiger partial charge in [0.25, 0.3) is 0 Å². The normalized spacial score (nSPS) is 9.62. The molecule has 0 aromatic heterocycles. The smallest absolute Gasteiger partial charge is 0.335 e. The molecule has 1 aromatic rings. The van der Waals surface area contributed by atoms with Gasteiger partial charge < -0.3 is 5.11 Å². The summed E-state index contributed by atoms with van der Waals surface area (Å²) >= 11 is 0. The van der Waals surface area contributed by atoms with Crippen molar-refractivity contribution in [1.29, 1.82) is 0 Å². The standard InChI is InChI=1S/C11H12O2/c1-3-8(2)9-5-4-6-10(7-9)11(12)13/h4-7H,2-3H2,1H3,(H,12,13). The van der Waals surface area contributed by atoms with Gasteiger partial charge in [-0.25, -0.2) is 4.79 Å². The lowest BCUT2D eigenvalue weighted by molar-refractivity contribution is 0.0697. The van der Waals surface area contributed by atoms with Gasteiger partial charge in [0.15, 0.2) is 0 Å². The highest BCUT2D eigenvalue weighted by Crippen LogP contribution is 2.16. The highest BCUT2D eigenvalue weighted by atomic mass is 16.4. The first-order chi connectivity index (χ1) is 6.15. The summed E-state index contributed by atoms with van der Waals surface area (Å²) in [6.07, 6.45) is 0.836. The van der Waals surface area contributed by atoms with Gasteiger partial charge in [0, 0.05) is 0 Å². The zero-order valence-corrected chi connectivity index (χ0v) is 7.58. The van der Waals surface area contributed by atoms with E-state index in [-0.39, 0.29) is 0 Å². The molecule has 0 heterocycles. The molecule has 0 fully saturated rings. The summed E-state index contributed by atoms with van der Waals surface area (Å²) in [7, 11) is 0. The van der Waals surface area contributed by atoms with Crippen LogP contribution in [0.1, 0.15) is 29.3 Å². The van der Waals surface area contributed by atoms with E-state index in [0.717, 1.165) is 17.6 Å². The summed E-state index contributed by atoms with van der Waals surface area (Å²) in [5, 5.41) is 8.73. The number of hydrogen-bond donors (Lipinski definition) is 1. The Morgan fingerprint density at radius 1 is 1.46 bits per heavy atom. The molecule has 0 aliphatic rings. The molecule has 0 saturated carbocycles. The zero-order valence-electron chi connectivity index (χ0n) is 7.58. The molecule has 0 bridgehead atoms. The van der Waals surface area contributed by atoms with Crippen LogP contribution in [0.3, 0.4) is 0 Å². The van der Waals surface area contributed by atoms with Crippen molar-refractivity contribution in [2.24, 2.45) is 0 Å². The average Bonchev–Trinajstić information content (AvgIpc) is 2.17. The molecule has 1 rings (SSSR count). The number of rotatable bonds is 3. The molecule has 68 valence electrons. The molecular weight excluding hydrogens is 164 g/mol. The molecule has 0 aliphatic carbocycles. The molecule has 0 saturated heterocycles. The Bertz CT molecular complexity index is 340. The van der Waals surface area contributed by atoms with E-state index in [0.29, 0.717) is 5.56 Å². The maximum atomic E-state index is 10.6. The van der Waals surface area contributed by atoms with E-state index < -0.39 is 5.97 Å². The topological polar surface area (TPSA) is 37.3 Å². The number of benzene rings is 1. The van der Waals surface area contributed by atoms with Crippen molar-refractivity contribution < 1.29 is 9.90 Å². The Labute approximate surface area is 77.5 Å². The summed E-state index contributed by atoms with van der Waals surface area (Å²) < 4.78 is 0. The van der Waals surface area contributed by atoms with Crippen LogP contribution in [0.5, 0.6) is 0 Å². The number of allylic oxidation sites excluding steroid dienone is 1. The Kier molecular flexibility index (Phi) is 2.85. The van der Waals surface area contributed by atoms with Crippen LogP contribution in [0.4, 0.5) is 0 Å². The van der Waals surface area contributed by atoms with Crippen LogP contribution >= 0.6 is 0 Å². The highest BCUT2D eigenvalue weighted by Gasteiger charge is 2.03. The first kappa shape index (κ1) is 9.52. The zero-order chi connectivity index (χ0) is 9.84. The van der Waals surface area contributed by atoms with Crippen LogP contribution in [0.2, 0.25) is 0 Å². The fourth-order valence-corrected chi connectivity index (χ4v) is 1.08. The van der Waals surface area contributed by atoms with Crippen molar-refractivity contribution >= 4 is 11.5 Å². The van der Waals surface area contributed by atoms with Crippen LogP contribution in [0.15, 0.2) is 30.8 Å². The quantitative estimate of drug-likeness (QED) is 0.768. The van der Waals surface area contributed by atoms with Gasteiger partial charge in [0.05, 0.1) is 5.56 Å². The highest BCUT2D eigenvalue weighted by molar-refractivity contribution is 5.88. The lowest BCUT2D eigenvalue weighted by Gasteiger charge is -2.02. The van der Waals surface area contributed by atoms with Crippen molar-refractivity contribution in [2.45, 2.75) is 13.3 Å². The minimum absolute atomic E-state index is 0.312. The summed E-state index contributed by atoms with van der Waals surface area (Å²) in [6, 6.07) is 6.83. The minimum atomic E-state index is -0.897. The third-order valence-corrected chi connectivity index (χ3v) is 1.94. The van der Waals surface area contributed by atoms with Crippen LogP contribution in [0.25, 0.3) is 5.57 Å². The Balaban J connectivity index is 3.05. The van der Waals surface area contributed by atoms with E-state index in [4.69, 9.17) is 5.11 Å². The van der Waals surface area contributed by atoms with Crippen molar-refractivity contribution in [3.63, 3.8) is 0 Å². The SMILES string of the molecule is C=C(CC)c1cccc(C(=O)O)c1. The Morgan fingerprint density at radius 2 is 2.08 bits per heavy atom. The number of carboxylic acids is 1. The van der Waals surface area contributed by atoms with Crippen molar-refractivity contribution in [2.75, 3.05) is 0 Å². The van der Waals surface area contributed by atoms with Gasteiger partial charge in [-0.1, -0.05) is 25.6 Å². The van der Waals surface area contributed by atoms with Crippen LogP contribution < -0.4 is 0 Å². The summed E-state index contributed by atoms with van der Waals surface area (Å²) in [6.45, 7) is 5.85. The molecule has 0 amide bonds. The molecule has 2 heteroatoms.